The van der Waals surface area contributed by atoms with Crippen LogP contribution in [0.2, 0.25) is 0 Å². The van der Waals surface area contributed by atoms with Crippen molar-refractivity contribution in [2.75, 3.05) is 13.2 Å². The molecule has 1 amide bonds. The number of aliphatic hydroxyl groups is 2. The average Bonchev–Trinajstić information content (AvgIpc) is 2.14. The molecule has 0 saturated carbocycles. The average molecular weight is 254 g/mol. The van der Waals surface area contributed by atoms with E-state index < -0.39 is 5.54 Å². The molecule has 0 aromatic carbocycles. The van der Waals surface area contributed by atoms with Crippen molar-refractivity contribution in [3.63, 3.8) is 0 Å². The van der Waals surface area contributed by atoms with Gasteiger partial charge in [0.1, 0.15) is 0 Å². The molecule has 0 aliphatic carbocycles. The number of carbonyl (C=O) groups excluding carboxylic acids is 1. The number of halogens is 1. The number of aliphatic hydroxyl groups excluding tert-OH is 2. The van der Waals surface area contributed by atoms with Crippen molar-refractivity contribution in [2.45, 2.75) is 30.6 Å². The maximum absolute atomic E-state index is 11.3. The molecule has 5 heteroatoms. The minimum atomic E-state index is -0.890. The smallest absolute Gasteiger partial charge is 0.234 e. The van der Waals surface area contributed by atoms with E-state index >= 15 is 0 Å². The fourth-order valence-electron chi connectivity index (χ4n) is 0.802. The van der Waals surface area contributed by atoms with Gasteiger partial charge in [-0.1, -0.05) is 22.9 Å². The Bertz CT molecular complexity index is 161. The highest BCUT2D eigenvalue weighted by Crippen LogP contribution is 2.10. The molecule has 0 aromatic heterocycles. The molecule has 0 radical (unpaired) electrons. The summed E-state index contributed by atoms with van der Waals surface area (Å²) in [5.41, 5.74) is -0.890. The molecule has 0 spiro atoms. The second-order valence-corrected chi connectivity index (χ2v) is 4.43. The summed E-state index contributed by atoms with van der Waals surface area (Å²) in [6.45, 7) is 2.97. The van der Waals surface area contributed by atoms with Crippen LogP contribution in [0.4, 0.5) is 0 Å². The number of rotatable bonds is 5. The second-order valence-electron chi connectivity index (χ2n) is 3.06. The van der Waals surface area contributed by atoms with Gasteiger partial charge < -0.3 is 15.5 Å². The number of nitrogens with one attached hydrogen (secondary N) is 1. The Balaban J connectivity index is 4.33. The van der Waals surface area contributed by atoms with E-state index in [4.69, 9.17) is 10.2 Å². The van der Waals surface area contributed by atoms with E-state index in [1.54, 1.807) is 13.8 Å². The lowest BCUT2D eigenvalue weighted by molar-refractivity contribution is -0.123. The molecule has 1 unspecified atom stereocenters. The van der Waals surface area contributed by atoms with E-state index in [0.29, 0.717) is 6.42 Å². The summed E-state index contributed by atoms with van der Waals surface area (Å²) in [6, 6.07) is 0. The van der Waals surface area contributed by atoms with Gasteiger partial charge in [0.25, 0.3) is 0 Å². The van der Waals surface area contributed by atoms with Crippen molar-refractivity contribution in [1.29, 1.82) is 0 Å². The van der Waals surface area contributed by atoms with Crippen LogP contribution in [0, 0.1) is 0 Å². The predicted molar refractivity (Wildman–Crippen MR) is 53.7 cm³/mol. The molecular weight excluding hydrogens is 238 g/mol. The number of amides is 1. The van der Waals surface area contributed by atoms with Gasteiger partial charge in [-0.3, -0.25) is 4.79 Å². The summed E-state index contributed by atoms with van der Waals surface area (Å²) in [6.07, 6.45) is 0.492. The zero-order valence-electron chi connectivity index (χ0n) is 7.88. The number of hydrogen-bond donors (Lipinski definition) is 3. The van der Waals surface area contributed by atoms with Crippen LogP contribution >= 0.6 is 15.9 Å². The number of carbonyl (C=O) groups is 1. The first-order valence-electron chi connectivity index (χ1n) is 4.19. The van der Waals surface area contributed by atoms with Crippen molar-refractivity contribution < 1.29 is 15.0 Å². The monoisotopic (exact) mass is 253 g/mol. The largest absolute Gasteiger partial charge is 0.394 e. The zero-order valence-corrected chi connectivity index (χ0v) is 9.47. The van der Waals surface area contributed by atoms with Gasteiger partial charge in [0.15, 0.2) is 0 Å². The van der Waals surface area contributed by atoms with Gasteiger partial charge in [-0.25, -0.2) is 0 Å². The van der Waals surface area contributed by atoms with Gasteiger partial charge in [-0.15, -0.1) is 0 Å². The fourth-order valence-corrected chi connectivity index (χ4v) is 0.916. The molecule has 0 rings (SSSR count). The van der Waals surface area contributed by atoms with Crippen molar-refractivity contribution in [3.8, 4) is 0 Å². The molecule has 13 heavy (non-hydrogen) atoms. The lowest BCUT2D eigenvalue weighted by atomic mass is 9.98. The predicted octanol–water partition coefficient (Wildman–Crippen LogP) is 0.0194. The van der Waals surface area contributed by atoms with Crippen molar-refractivity contribution in [1.82, 2.24) is 5.32 Å². The molecular formula is C8H16BrNO3. The maximum Gasteiger partial charge on any atom is 0.234 e. The van der Waals surface area contributed by atoms with Gasteiger partial charge >= 0.3 is 0 Å². The zero-order chi connectivity index (χ0) is 10.5. The lowest BCUT2D eigenvalue weighted by Gasteiger charge is -2.30. The third kappa shape index (κ3) is 3.62. The van der Waals surface area contributed by atoms with Gasteiger partial charge in [0.2, 0.25) is 5.91 Å². The summed E-state index contributed by atoms with van der Waals surface area (Å²) in [7, 11) is 0. The van der Waals surface area contributed by atoms with Crippen molar-refractivity contribution in [2.24, 2.45) is 0 Å². The normalized spacial score (nSPS) is 13.9. The van der Waals surface area contributed by atoms with Crippen LogP contribution in [0.1, 0.15) is 20.3 Å². The Hall–Kier alpha value is -0.130. The van der Waals surface area contributed by atoms with E-state index in [-0.39, 0.29) is 23.9 Å². The molecule has 0 heterocycles. The Kier molecular flexibility index (Phi) is 5.51. The minimum absolute atomic E-state index is 0.232. The standard InChI is InChI=1S/C8H16BrNO3/c1-3-8(4-11,5-12)10-7(13)6(2)9/h6,11-12H,3-5H2,1-2H3,(H,10,13). The Morgan fingerprint density at radius 2 is 2.00 bits per heavy atom. The molecule has 0 fully saturated rings. The summed E-state index contributed by atoms with van der Waals surface area (Å²) in [4.78, 5) is 10.9. The van der Waals surface area contributed by atoms with Gasteiger partial charge in [-0.2, -0.15) is 0 Å². The molecule has 78 valence electrons. The molecule has 0 aromatic rings. The van der Waals surface area contributed by atoms with E-state index in [2.05, 4.69) is 21.2 Å². The Morgan fingerprint density at radius 1 is 1.54 bits per heavy atom. The quantitative estimate of drug-likeness (QED) is 0.606. The van der Waals surface area contributed by atoms with Gasteiger partial charge in [-0.05, 0) is 13.3 Å². The molecule has 0 aliphatic rings. The van der Waals surface area contributed by atoms with Crippen LogP contribution in [0.15, 0.2) is 0 Å². The van der Waals surface area contributed by atoms with E-state index in [1.165, 1.54) is 0 Å². The first kappa shape index (κ1) is 12.9. The van der Waals surface area contributed by atoms with Crippen LogP contribution < -0.4 is 5.32 Å². The number of alkyl halides is 1. The van der Waals surface area contributed by atoms with Crippen molar-refractivity contribution in [3.05, 3.63) is 0 Å². The first-order chi connectivity index (χ1) is 6.01. The van der Waals surface area contributed by atoms with E-state index in [0.717, 1.165) is 0 Å². The first-order valence-corrected chi connectivity index (χ1v) is 5.10. The lowest BCUT2D eigenvalue weighted by Crippen LogP contribution is -2.55. The topological polar surface area (TPSA) is 69.6 Å². The van der Waals surface area contributed by atoms with Crippen LogP contribution in [0.5, 0.6) is 0 Å². The second kappa shape index (κ2) is 5.57. The number of hydrogen-bond acceptors (Lipinski definition) is 3. The highest BCUT2D eigenvalue weighted by molar-refractivity contribution is 9.10. The summed E-state index contributed by atoms with van der Waals surface area (Å²) in [5, 5.41) is 20.6. The van der Waals surface area contributed by atoms with Crippen LogP contribution in [0.3, 0.4) is 0 Å². The van der Waals surface area contributed by atoms with Gasteiger partial charge in [0, 0.05) is 0 Å². The summed E-state index contributed by atoms with van der Waals surface area (Å²) >= 11 is 3.10. The Morgan fingerprint density at radius 3 is 2.23 bits per heavy atom. The summed E-state index contributed by atoms with van der Waals surface area (Å²) in [5.74, 6) is -0.232. The SMILES string of the molecule is CCC(CO)(CO)NC(=O)C(C)Br. The Labute approximate surface area is 86.5 Å². The molecule has 4 nitrogen and oxygen atoms in total. The third-order valence-electron chi connectivity index (χ3n) is 2.03. The fraction of sp³-hybridized carbons (Fsp3) is 0.875. The minimum Gasteiger partial charge on any atom is -0.394 e. The highest BCUT2D eigenvalue weighted by atomic mass is 79.9. The van der Waals surface area contributed by atoms with Gasteiger partial charge in [0.05, 0.1) is 23.6 Å². The highest BCUT2D eigenvalue weighted by Gasteiger charge is 2.29. The van der Waals surface area contributed by atoms with Crippen LogP contribution in [-0.2, 0) is 4.79 Å². The third-order valence-corrected chi connectivity index (χ3v) is 2.45. The maximum atomic E-state index is 11.3. The van der Waals surface area contributed by atoms with Crippen LogP contribution in [-0.4, -0.2) is 39.7 Å². The van der Waals surface area contributed by atoms with Crippen LogP contribution in [0.25, 0.3) is 0 Å². The molecule has 1 atom stereocenters. The summed E-state index contributed by atoms with van der Waals surface area (Å²) < 4.78 is 0. The molecule has 0 saturated heterocycles. The van der Waals surface area contributed by atoms with Crippen molar-refractivity contribution >= 4 is 21.8 Å². The van der Waals surface area contributed by atoms with E-state index in [9.17, 15) is 4.79 Å². The molecule has 0 aliphatic heterocycles. The van der Waals surface area contributed by atoms with E-state index in [1.807, 2.05) is 0 Å². The molecule has 0 bridgehead atoms. The molecule has 3 N–H and O–H groups in total.